The molecule has 1 heterocycles. The van der Waals surface area contributed by atoms with Gasteiger partial charge in [0, 0.05) is 24.3 Å². The third kappa shape index (κ3) is 4.98. The van der Waals surface area contributed by atoms with E-state index in [4.69, 9.17) is 11.6 Å². The van der Waals surface area contributed by atoms with E-state index in [1.807, 2.05) is 4.90 Å². The summed E-state index contributed by atoms with van der Waals surface area (Å²) in [6.07, 6.45) is 0. The topological polar surface area (TPSA) is 90.5 Å². The summed E-state index contributed by atoms with van der Waals surface area (Å²) in [6.45, 7) is 1.16. The summed E-state index contributed by atoms with van der Waals surface area (Å²) in [4.78, 5) is 37.4. The third-order valence-corrected chi connectivity index (χ3v) is 4.43. The van der Waals surface area contributed by atoms with E-state index >= 15 is 0 Å². The Bertz CT molecular complexity index is 905. The molecule has 146 valence electrons. The van der Waals surface area contributed by atoms with E-state index in [9.17, 15) is 18.8 Å². The molecule has 1 fully saturated rings. The Kier molecular flexibility index (Phi) is 6.10. The van der Waals surface area contributed by atoms with Gasteiger partial charge < -0.3 is 20.9 Å². The van der Waals surface area contributed by atoms with Gasteiger partial charge in [-0.15, -0.1) is 0 Å². The third-order valence-electron chi connectivity index (χ3n) is 4.13. The first kappa shape index (κ1) is 19.6. The van der Waals surface area contributed by atoms with Gasteiger partial charge in [-0.05, 0) is 42.5 Å². The molecule has 0 atom stereocenters. The monoisotopic (exact) mass is 404 g/mol. The SMILES string of the molecule is O=C1CN(c2ccc(NC(=O)CNC(=O)c3ccc(F)cc3)cc2Cl)CCN1. The van der Waals surface area contributed by atoms with Crippen molar-refractivity contribution in [2.75, 3.05) is 36.4 Å². The molecular weight excluding hydrogens is 387 g/mol. The van der Waals surface area contributed by atoms with Gasteiger partial charge in [0.1, 0.15) is 5.82 Å². The molecule has 7 nitrogen and oxygen atoms in total. The number of carbonyl (C=O) groups is 3. The van der Waals surface area contributed by atoms with Crippen LogP contribution in [0.4, 0.5) is 15.8 Å². The van der Waals surface area contributed by atoms with Gasteiger partial charge in [0.15, 0.2) is 0 Å². The molecule has 3 N–H and O–H groups in total. The normalized spacial score (nSPS) is 13.6. The van der Waals surface area contributed by atoms with Crippen molar-refractivity contribution in [2.45, 2.75) is 0 Å². The Balaban J connectivity index is 1.55. The summed E-state index contributed by atoms with van der Waals surface area (Å²) < 4.78 is 12.9. The number of amides is 3. The van der Waals surface area contributed by atoms with Crippen molar-refractivity contribution in [1.29, 1.82) is 0 Å². The lowest BCUT2D eigenvalue weighted by Crippen LogP contribution is -2.47. The standard InChI is InChI=1S/C19H18ClFN4O3/c20-15-9-14(5-6-16(15)25-8-7-22-18(27)11-25)24-17(26)10-23-19(28)12-1-3-13(21)4-2-12/h1-6,9H,7-8,10-11H2,(H,22,27)(H,23,28)(H,24,26). The highest BCUT2D eigenvalue weighted by Gasteiger charge is 2.19. The van der Waals surface area contributed by atoms with Crippen molar-refractivity contribution < 1.29 is 18.8 Å². The Morgan fingerprint density at radius 1 is 1.18 bits per heavy atom. The van der Waals surface area contributed by atoms with Crippen molar-refractivity contribution in [2.24, 2.45) is 0 Å². The fourth-order valence-corrected chi connectivity index (χ4v) is 3.05. The van der Waals surface area contributed by atoms with E-state index in [0.717, 1.165) is 0 Å². The fourth-order valence-electron chi connectivity index (χ4n) is 2.75. The van der Waals surface area contributed by atoms with Gasteiger partial charge in [-0.3, -0.25) is 14.4 Å². The largest absolute Gasteiger partial charge is 0.359 e. The number of hydrogen-bond donors (Lipinski definition) is 3. The quantitative estimate of drug-likeness (QED) is 0.708. The van der Waals surface area contributed by atoms with Gasteiger partial charge in [-0.1, -0.05) is 11.6 Å². The molecule has 1 aliphatic heterocycles. The maximum Gasteiger partial charge on any atom is 0.251 e. The maximum absolute atomic E-state index is 12.9. The number of hydrogen-bond acceptors (Lipinski definition) is 4. The van der Waals surface area contributed by atoms with Crippen molar-refractivity contribution in [3.63, 3.8) is 0 Å². The van der Waals surface area contributed by atoms with Crippen LogP contribution in [0.3, 0.4) is 0 Å². The molecule has 0 spiro atoms. The van der Waals surface area contributed by atoms with Crippen LogP contribution in [0.15, 0.2) is 42.5 Å². The van der Waals surface area contributed by atoms with Gasteiger partial charge in [-0.2, -0.15) is 0 Å². The second-order valence-electron chi connectivity index (χ2n) is 6.18. The van der Waals surface area contributed by atoms with Crippen LogP contribution < -0.4 is 20.9 Å². The zero-order chi connectivity index (χ0) is 20.1. The molecule has 3 rings (SSSR count). The summed E-state index contributed by atoms with van der Waals surface area (Å²) in [7, 11) is 0. The number of anilines is 2. The van der Waals surface area contributed by atoms with E-state index in [-0.39, 0.29) is 24.6 Å². The molecule has 1 aliphatic rings. The molecule has 0 aromatic heterocycles. The molecule has 2 aromatic carbocycles. The van der Waals surface area contributed by atoms with Gasteiger partial charge >= 0.3 is 0 Å². The molecule has 2 aromatic rings. The lowest BCUT2D eigenvalue weighted by atomic mass is 10.2. The smallest absolute Gasteiger partial charge is 0.251 e. The number of piperazine rings is 1. The summed E-state index contributed by atoms with van der Waals surface area (Å²) in [5, 5.41) is 8.25. The molecule has 28 heavy (non-hydrogen) atoms. The first-order valence-corrected chi connectivity index (χ1v) is 8.95. The fraction of sp³-hybridized carbons (Fsp3) is 0.211. The van der Waals surface area contributed by atoms with Crippen molar-refractivity contribution in [3.05, 3.63) is 58.9 Å². The van der Waals surface area contributed by atoms with Crippen molar-refractivity contribution >= 4 is 40.7 Å². The van der Waals surface area contributed by atoms with E-state index in [0.29, 0.717) is 29.5 Å². The van der Waals surface area contributed by atoms with Gasteiger partial charge in [-0.25, -0.2) is 4.39 Å². The van der Waals surface area contributed by atoms with Crippen molar-refractivity contribution in [1.82, 2.24) is 10.6 Å². The average Bonchev–Trinajstić information content (AvgIpc) is 2.67. The minimum absolute atomic E-state index is 0.0726. The molecule has 0 unspecified atom stereocenters. The summed E-state index contributed by atoms with van der Waals surface area (Å²) >= 11 is 6.29. The van der Waals surface area contributed by atoms with Crippen LogP contribution in [0.1, 0.15) is 10.4 Å². The molecule has 0 aliphatic carbocycles. The summed E-state index contributed by atoms with van der Waals surface area (Å²) in [6, 6.07) is 10.0. The summed E-state index contributed by atoms with van der Waals surface area (Å²) in [5.74, 6) is -1.43. The van der Waals surface area contributed by atoms with E-state index in [1.165, 1.54) is 24.3 Å². The van der Waals surface area contributed by atoms with Crippen LogP contribution in [0.25, 0.3) is 0 Å². The van der Waals surface area contributed by atoms with Crippen molar-refractivity contribution in [3.8, 4) is 0 Å². The van der Waals surface area contributed by atoms with Crippen LogP contribution in [0.2, 0.25) is 5.02 Å². The van der Waals surface area contributed by atoms with Gasteiger partial charge in [0.2, 0.25) is 11.8 Å². The number of nitrogens with zero attached hydrogens (tertiary/aromatic N) is 1. The van der Waals surface area contributed by atoms with E-state index in [1.54, 1.807) is 18.2 Å². The Labute approximate surface area is 165 Å². The maximum atomic E-state index is 12.9. The van der Waals surface area contributed by atoms with Crippen LogP contribution >= 0.6 is 11.6 Å². The molecule has 9 heteroatoms. The predicted molar refractivity (Wildman–Crippen MR) is 104 cm³/mol. The van der Waals surface area contributed by atoms with Crippen LogP contribution in [0.5, 0.6) is 0 Å². The predicted octanol–water partition coefficient (Wildman–Crippen LogP) is 1.78. The molecular formula is C19H18ClFN4O3. The second-order valence-corrected chi connectivity index (χ2v) is 6.58. The zero-order valence-corrected chi connectivity index (χ0v) is 15.6. The minimum Gasteiger partial charge on any atom is -0.359 e. The second kappa shape index (κ2) is 8.71. The van der Waals surface area contributed by atoms with Gasteiger partial charge in [0.25, 0.3) is 5.91 Å². The highest BCUT2D eigenvalue weighted by atomic mass is 35.5. The van der Waals surface area contributed by atoms with E-state index in [2.05, 4.69) is 16.0 Å². The Morgan fingerprint density at radius 3 is 2.61 bits per heavy atom. The Hall–Kier alpha value is -3.13. The highest BCUT2D eigenvalue weighted by molar-refractivity contribution is 6.33. The number of nitrogens with one attached hydrogen (secondary N) is 3. The lowest BCUT2D eigenvalue weighted by Gasteiger charge is -2.29. The first-order valence-electron chi connectivity index (χ1n) is 8.57. The minimum atomic E-state index is -0.480. The summed E-state index contributed by atoms with van der Waals surface area (Å²) in [5.41, 5.74) is 1.43. The number of rotatable bonds is 5. The Morgan fingerprint density at radius 2 is 1.93 bits per heavy atom. The molecule has 1 saturated heterocycles. The molecule has 0 saturated carbocycles. The first-order chi connectivity index (χ1) is 13.4. The van der Waals surface area contributed by atoms with Crippen LogP contribution in [-0.2, 0) is 9.59 Å². The highest BCUT2D eigenvalue weighted by Crippen LogP contribution is 2.29. The molecule has 3 amide bonds. The number of carbonyl (C=O) groups excluding carboxylic acids is 3. The number of benzene rings is 2. The van der Waals surface area contributed by atoms with Crippen LogP contribution in [-0.4, -0.2) is 43.9 Å². The lowest BCUT2D eigenvalue weighted by molar-refractivity contribution is -0.120. The van der Waals surface area contributed by atoms with Gasteiger partial charge in [0.05, 0.1) is 23.8 Å². The van der Waals surface area contributed by atoms with E-state index < -0.39 is 17.6 Å². The van der Waals surface area contributed by atoms with Crippen LogP contribution in [0, 0.1) is 5.82 Å². The molecule has 0 radical (unpaired) electrons. The average molecular weight is 405 g/mol. The number of halogens is 2. The zero-order valence-electron chi connectivity index (χ0n) is 14.8. The molecule has 0 bridgehead atoms.